The summed E-state index contributed by atoms with van der Waals surface area (Å²) >= 11 is 0. The molecule has 114 valence electrons. The van der Waals surface area contributed by atoms with E-state index in [0.717, 1.165) is 13.0 Å². The van der Waals surface area contributed by atoms with E-state index in [0.29, 0.717) is 12.5 Å². The van der Waals surface area contributed by atoms with Crippen LogP contribution in [-0.4, -0.2) is 48.8 Å². The number of unbranched alkanes of at least 4 members (excludes halogenated alkanes) is 2. The van der Waals surface area contributed by atoms with Gasteiger partial charge in [-0.2, -0.15) is 0 Å². The van der Waals surface area contributed by atoms with Gasteiger partial charge in [0.1, 0.15) is 0 Å². The molecule has 3 nitrogen and oxygen atoms in total. The molecule has 0 aromatic rings. The molecule has 0 amide bonds. The minimum atomic E-state index is 0.0129. The minimum Gasteiger partial charge on any atom is -0.394 e. The fraction of sp³-hybridized carbons (Fsp3) is 1.00. The van der Waals surface area contributed by atoms with E-state index in [2.05, 4.69) is 31.1 Å². The van der Waals surface area contributed by atoms with Gasteiger partial charge in [0.15, 0.2) is 0 Å². The Bertz CT molecular complexity index is 235. The fourth-order valence-electron chi connectivity index (χ4n) is 3.53. The highest BCUT2D eigenvalue weighted by molar-refractivity contribution is 4.98. The topological polar surface area (TPSA) is 35.5 Å². The molecule has 2 N–H and O–H groups in total. The molecule has 0 aliphatic heterocycles. The van der Waals surface area contributed by atoms with Gasteiger partial charge in [0.05, 0.1) is 6.61 Å². The Hall–Kier alpha value is -0.120. The lowest BCUT2D eigenvalue weighted by atomic mass is 9.85. The lowest BCUT2D eigenvalue weighted by Gasteiger charge is -2.35. The summed E-state index contributed by atoms with van der Waals surface area (Å²) < 4.78 is 0. The number of hydrogen-bond acceptors (Lipinski definition) is 3. The molecule has 0 saturated heterocycles. The van der Waals surface area contributed by atoms with E-state index in [1.807, 2.05) is 0 Å². The number of aliphatic hydroxyl groups is 1. The van der Waals surface area contributed by atoms with Gasteiger partial charge in [-0.15, -0.1) is 0 Å². The second-order valence-corrected chi connectivity index (χ2v) is 6.23. The monoisotopic (exact) mass is 270 g/mol. The molecule has 1 aliphatic rings. The Labute approximate surface area is 119 Å². The summed E-state index contributed by atoms with van der Waals surface area (Å²) in [5.41, 5.74) is 0.0129. The zero-order chi connectivity index (χ0) is 14.1. The van der Waals surface area contributed by atoms with Crippen LogP contribution in [0.3, 0.4) is 0 Å². The van der Waals surface area contributed by atoms with Gasteiger partial charge in [0, 0.05) is 5.54 Å². The third kappa shape index (κ3) is 5.05. The van der Waals surface area contributed by atoms with Crippen LogP contribution in [0.15, 0.2) is 0 Å². The quantitative estimate of drug-likeness (QED) is 0.599. The Morgan fingerprint density at radius 3 is 2.68 bits per heavy atom. The van der Waals surface area contributed by atoms with Gasteiger partial charge in [-0.1, -0.05) is 33.1 Å². The summed E-state index contributed by atoms with van der Waals surface area (Å²) in [6, 6.07) is 0. The zero-order valence-electron chi connectivity index (χ0n) is 13.2. The first-order chi connectivity index (χ1) is 9.18. The van der Waals surface area contributed by atoms with Crippen LogP contribution >= 0.6 is 0 Å². The number of rotatable bonds is 10. The number of likely N-dealkylation sites (N-methyl/N-ethyl adjacent to an activating group) is 1. The van der Waals surface area contributed by atoms with Crippen molar-refractivity contribution in [3.63, 3.8) is 0 Å². The molecule has 1 aliphatic carbocycles. The molecular weight excluding hydrogens is 236 g/mol. The van der Waals surface area contributed by atoms with E-state index < -0.39 is 0 Å². The van der Waals surface area contributed by atoms with Crippen LogP contribution in [-0.2, 0) is 0 Å². The third-order valence-electron chi connectivity index (χ3n) is 4.77. The van der Waals surface area contributed by atoms with E-state index in [9.17, 15) is 5.11 Å². The molecule has 2 unspecified atom stereocenters. The highest BCUT2D eigenvalue weighted by Crippen LogP contribution is 2.37. The standard InChI is InChI=1S/C16H34N2O/c1-4-6-7-12-18(3)13-10-15-9-8-11-16(15,14-19)17-5-2/h15,17,19H,4-14H2,1-3H3. The summed E-state index contributed by atoms with van der Waals surface area (Å²) in [5.74, 6) is 0.645. The van der Waals surface area contributed by atoms with Crippen molar-refractivity contribution < 1.29 is 5.11 Å². The van der Waals surface area contributed by atoms with E-state index in [-0.39, 0.29) is 5.54 Å². The molecule has 0 spiro atoms. The first-order valence-electron chi connectivity index (χ1n) is 8.23. The van der Waals surface area contributed by atoms with E-state index in [1.54, 1.807) is 0 Å². The number of aliphatic hydroxyl groups excluding tert-OH is 1. The van der Waals surface area contributed by atoms with Gasteiger partial charge < -0.3 is 15.3 Å². The Balaban J connectivity index is 2.34. The molecule has 1 rings (SSSR count). The predicted octanol–water partition coefficient (Wildman–Crippen LogP) is 2.64. The van der Waals surface area contributed by atoms with Gasteiger partial charge in [0.2, 0.25) is 0 Å². The number of nitrogens with one attached hydrogen (secondary N) is 1. The average Bonchev–Trinajstić information content (AvgIpc) is 2.80. The molecule has 3 heteroatoms. The Morgan fingerprint density at radius 2 is 2.05 bits per heavy atom. The van der Waals surface area contributed by atoms with Gasteiger partial charge >= 0.3 is 0 Å². The lowest BCUT2D eigenvalue weighted by molar-refractivity contribution is 0.115. The molecule has 0 aromatic carbocycles. The van der Waals surface area contributed by atoms with Crippen molar-refractivity contribution in [1.82, 2.24) is 10.2 Å². The first-order valence-corrected chi connectivity index (χ1v) is 8.23. The highest BCUT2D eigenvalue weighted by atomic mass is 16.3. The van der Waals surface area contributed by atoms with Gasteiger partial charge in [-0.25, -0.2) is 0 Å². The lowest BCUT2D eigenvalue weighted by Crippen LogP contribution is -2.51. The minimum absolute atomic E-state index is 0.0129. The number of nitrogens with zero attached hydrogens (tertiary/aromatic N) is 1. The Kier molecular flexibility index (Phi) is 7.96. The van der Waals surface area contributed by atoms with Crippen LogP contribution in [0.25, 0.3) is 0 Å². The number of hydrogen-bond donors (Lipinski definition) is 2. The van der Waals surface area contributed by atoms with Crippen molar-refractivity contribution in [2.45, 2.75) is 64.3 Å². The summed E-state index contributed by atoms with van der Waals surface area (Å²) in [7, 11) is 2.23. The second-order valence-electron chi connectivity index (χ2n) is 6.23. The SMILES string of the molecule is CCCCCN(C)CCC1CCCC1(CO)NCC. The third-order valence-corrected chi connectivity index (χ3v) is 4.77. The van der Waals surface area contributed by atoms with Crippen LogP contribution < -0.4 is 5.32 Å². The molecule has 19 heavy (non-hydrogen) atoms. The summed E-state index contributed by atoms with van der Waals surface area (Å²) in [6.07, 6.45) is 8.85. The molecule has 0 aromatic heterocycles. The molecule has 1 fully saturated rings. The molecule has 0 heterocycles. The molecule has 0 bridgehead atoms. The fourth-order valence-corrected chi connectivity index (χ4v) is 3.53. The van der Waals surface area contributed by atoms with Crippen molar-refractivity contribution in [3.05, 3.63) is 0 Å². The van der Waals surface area contributed by atoms with Crippen molar-refractivity contribution >= 4 is 0 Å². The highest BCUT2D eigenvalue weighted by Gasteiger charge is 2.41. The summed E-state index contributed by atoms with van der Waals surface area (Å²) in [5, 5.41) is 13.3. The van der Waals surface area contributed by atoms with Crippen molar-refractivity contribution in [2.24, 2.45) is 5.92 Å². The van der Waals surface area contributed by atoms with Gasteiger partial charge in [-0.05, 0) is 58.3 Å². The maximum atomic E-state index is 9.78. The Morgan fingerprint density at radius 1 is 1.26 bits per heavy atom. The smallest absolute Gasteiger partial charge is 0.0616 e. The average molecular weight is 270 g/mol. The van der Waals surface area contributed by atoms with Gasteiger partial charge in [-0.3, -0.25) is 0 Å². The molecule has 1 saturated carbocycles. The van der Waals surface area contributed by atoms with E-state index in [4.69, 9.17) is 0 Å². The molecule has 2 atom stereocenters. The summed E-state index contributed by atoms with van der Waals surface area (Å²) in [6.45, 7) is 8.04. The maximum Gasteiger partial charge on any atom is 0.0616 e. The molecular formula is C16H34N2O. The normalized spacial score (nSPS) is 27.3. The van der Waals surface area contributed by atoms with Crippen LogP contribution in [0.2, 0.25) is 0 Å². The maximum absolute atomic E-state index is 9.78. The van der Waals surface area contributed by atoms with Crippen LogP contribution in [0.5, 0.6) is 0 Å². The van der Waals surface area contributed by atoms with Crippen LogP contribution in [0.1, 0.15) is 58.8 Å². The van der Waals surface area contributed by atoms with Gasteiger partial charge in [0.25, 0.3) is 0 Å². The van der Waals surface area contributed by atoms with Crippen LogP contribution in [0.4, 0.5) is 0 Å². The summed E-state index contributed by atoms with van der Waals surface area (Å²) in [4.78, 5) is 2.46. The van der Waals surface area contributed by atoms with Crippen molar-refractivity contribution in [1.29, 1.82) is 0 Å². The van der Waals surface area contributed by atoms with Crippen LogP contribution in [0, 0.1) is 5.92 Å². The molecule has 0 radical (unpaired) electrons. The van der Waals surface area contributed by atoms with E-state index in [1.165, 1.54) is 51.6 Å². The van der Waals surface area contributed by atoms with E-state index >= 15 is 0 Å². The predicted molar refractivity (Wildman–Crippen MR) is 82.5 cm³/mol. The first kappa shape index (κ1) is 16.9. The largest absolute Gasteiger partial charge is 0.394 e. The van der Waals surface area contributed by atoms with Crippen molar-refractivity contribution in [2.75, 3.05) is 33.3 Å². The zero-order valence-corrected chi connectivity index (χ0v) is 13.2. The van der Waals surface area contributed by atoms with Crippen molar-refractivity contribution in [3.8, 4) is 0 Å². The second kappa shape index (κ2) is 8.93.